The monoisotopic (exact) mass is 305 g/mol. The average Bonchev–Trinajstić information content (AvgIpc) is 2.57. The molecule has 0 aliphatic carbocycles. The van der Waals surface area contributed by atoms with Crippen molar-refractivity contribution in [1.29, 1.82) is 0 Å². The summed E-state index contributed by atoms with van der Waals surface area (Å²) in [6.07, 6.45) is 0.819. The molecule has 6 heteroatoms. The molecule has 0 radical (unpaired) electrons. The van der Waals surface area contributed by atoms with Gasteiger partial charge >= 0.3 is 0 Å². The van der Waals surface area contributed by atoms with Crippen LogP contribution in [0.25, 0.3) is 0 Å². The van der Waals surface area contributed by atoms with Crippen LogP contribution in [0.5, 0.6) is 0 Å². The van der Waals surface area contributed by atoms with Crippen molar-refractivity contribution in [2.45, 2.75) is 26.9 Å². The van der Waals surface area contributed by atoms with Crippen LogP contribution in [0, 0.1) is 12.8 Å². The highest BCUT2D eigenvalue weighted by Gasteiger charge is 2.30. The number of aliphatic hydroxyl groups is 1. The minimum Gasteiger partial charge on any atom is -0.389 e. The second kappa shape index (κ2) is 6.87. The molecule has 0 aromatic carbocycles. The van der Waals surface area contributed by atoms with Crippen molar-refractivity contribution in [1.82, 2.24) is 14.8 Å². The first kappa shape index (κ1) is 16.4. The van der Waals surface area contributed by atoms with Gasteiger partial charge in [0.15, 0.2) is 0 Å². The van der Waals surface area contributed by atoms with E-state index in [4.69, 9.17) is 0 Å². The van der Waals surface area contributed by atoms with Crippen LogP contribution in [0.15, 0.2) is 18.3 Å². The summed E-state index contributed by atoms with van der Waals surface area (Å²) in [5, 5.41) is 10.1. The van der Waals surface area contributed by atoms with Crippen molar-refractivity contribution >= 4 is 11.8 Å². The number of rotatable bonds is 3. The lowest BCUT2D eigenvalue weighted by atomic mass is 10.2. The van der Waals surface area contributed by atoms with E-state index < -0.39 is 6.10 Å². The summed E-state index contributed by atoms with van der Waals surface area (Å²) in [4.78, 5) is 32.0. The Labute approximate surface area is 130 Å². The molecular formula is C16H23N3O3. The molecule has 1 saturated heterocycles. The highest BCUT2D eigenvalue weighted by Crippen LogP contribution is 2.13. The number of pyridine rings is 1. The fourth-order valence-electron chi connectivity index (χ4n) is 2.63. The maximum Gasteiger partial charge on any atom is 0.273 e. The van der Waals surface area contributed by atoms with E-state index in [2.05, 4.69) is 4.98 Å². The molecule has 120 valence electrons. The molecule has 0 spiro atoms. The Hall–Kier alpha value is -1.95. The molecule has 2 heterocycles. The number of aromatic nitrogens is 1. The summed E-state index contributed by atoms with van der Waals surface area (Å²) in [5.41, 5.74) is 1.09. The molecule has 1 aliphatic rings. The van der Waals surface area contributed by atoms with Crippen LogP contribution in [0.2, 0.25) is 0 Å². The van der Waals surface area contributed by atoms with E-state index in [1.165, 1.54) is 4.90 Å². The van der Waals surface area contributed by atoms with Crippen LogP contribution in [0.4, 0.5) is 0 Å². The third kappa shape index (κ3) is 3.82. The number of aryl methyl sites for hydroxylation is 1. The van der Waals surface area contributed by atoms with E-state index in [1.54, 1.807) is 30.2 Å². The van der Waals surface area contributed by atoms with E-state index in [1.807, 2.05) is 13.8 Å². The van der Waals surface area contributed by atoms with Crippen molar-refractivity contribution in [3.8, 4) is 0 Å². The first-order valence-corrected chi connectivity index (χ1v) is 7.55. The molecule has 0 bridgehead atoms. The van der Waals surface area contributed by atoms with Gasteiger partial charge in [0.2, 0.25) is 5.91 Å². The zero-order chi connectivity index (χ0) is 16.3. The van der Waals surface area contributed by atoms with Crippen molar-refractivity contribution in [3.05, 3.63) is 29.6 Å². The van der Waals surface area contributed by atoms with Gasteiger partial charge in [-0.2, -0.15) is 0 Å². The molecule has 1 aliphatic heterocycles. The van der Waals surface area contributed by atoms with Crippen molar-refractivity contribution < 1.29 is 14.7 Å². The minimum absolute atomic E-state index is 0.0153. The molecule has 2 amide bonds. The lowest BCUT2D eigenvalue weighted by Gasteiger charge is -2.23. The van der Waals surface area contributed by atoms with Crippen LogP contribution in [-0.2, 0) is 4.79 Å². The maximum absolute atomic E-state index is 12.6. The van der Waals surface area contributed by atoms with Gasteiger partial charge in [0, 0.05) is 25.8 Å². The van der Waals surface area contributed by atoms with E-state index in [0.717, 1.165) is 5.56 Å². The summed E-state index contributed by atoms with van der Waals surface area (Å²) >= 11 is 0. The van der Waals surface area contributed by atoms with Gasteiger partial charge in [-0.25, -0.2) is 0 Å². The highest BCUT2D eigenvalue weighted by atomic mass is 16.3. The minimum atomic E-state index is -0.738. The molecule has 0 saturated carbocycles. The lowest BCUT2D eigenvalue weighted by Crippen LogP contribution is -2.41. The number of carbonyl (C=O) groups excluding carboxylic acids is 2. The van der Waals surface area contributed by atoms with Gasteiger partial charge in [-0.05, 0) is 24.5 Å². The number of β-amino-alcohol motifs (C(OH)–C–C–N with tert-alkyl or cyclic N) is 1. The molecule has 1 aromatic heterocycles. The van der Waals surface area contributed by atoms with E-state index >= 15 is 0 Å². The Bertz CT molecular complexity index is 559. The molecule has 1 N–H and O–H groups in total. The summed E-state index contributed by atoms with van der Waals surface area (Å²) in [5.74, 6) is -0.125. The largest absolute Gasteiger partial charge is 0.389 e. The number of carbonyl (C=O) groups is 2. The maximum atomic E-state index is 12.6. The molecule has 6 nitrogen and oxygen atoms in total. The van der Waals surface area contributed by atoms with Gasteiger partial charge in [0.05, 0.1) is 6.10 Å². The van der Waals surface area contributed by atoms with Crippen LogP contribution >= 0.6 is 0 Å². The number of hydrogen-bond donors (Lipinski definition) is 1. The summed E-state index contributed by atoms with van der Waals surface area (Å²) in [6, 6.07) is 3.57. The molecule has 1 atom stereocenters. The van der Waals surface area contributed by atoms with Gasteiger partial charge < -0.3 is 14.9 Å². The topological polar surface area (TPSA) is 73.7 Å². The molecule has 2 rings (SSSR count). The lowest BCUT2D eigenvalue weighted by molar-refractivity contribution is -0.131. The van der Waals surface area contributed by atoms with Crippen LogP contribution in [0.1, 0.15) is 29.9 Å². The predicted octanol–water partition coefficient (Wildman–Crippen LogP) is 0.691. The molecule has 1 fully saturated rings. The van der Waals surface area contributed by atoms with Gasteiger partial charge in [0.1, 0.15) is 12.2 Å². The molecule has 22 heavy (non-hydrogen) atoms. The Morgan fingerprint density at radius 3 is 2.82 bits per heavy atom. The Kier molecular flexibility index (Phi) is 5.13. The van der Waals surface area contributed by atoms with Crippen LogP contribution in [0.3, 0.4) is 0 Å². The van der Waals surface area contributed by atoms with Gasteiger partial charge in [0.25, 0.3) is 5.91 Å². The van der Waals surface area contributed by atoms with Crippen molar-refractivity contribution in [3.63, 3.8) is 0 Å². The van der Waals surface area contributed by atoms with E-state index in [9.17, 15) is 14.7 Å². The zero-order valence-corrected chi connectivity index (χ0v) is 13.3. The second-order valence-electron chi connectivity index (χ2n) is 6.20. The molecular weight excluding hydrogens is 282 g/mol. The predicted molar refractivity (Wildman–Crippen MR) is 82.3 cm³/mol. The van der Waals surface area contributed by atoms with E-state index in [0.29, 0.717) is 18.2 Å². The summed E-state index contributed by atoms with van der Waals surface area (Å²) in [7, 11) is 0. The standard InChI is InChI=1S/C16H23N3O3/c1-11(2)7-18-8-13(20)9-19(10-14(18)21)16(22)15-12(3)5-4-6-17-15/h4-6,11,13,20H,7-10H2,1-3H3. The third-order valence-corrected chi connectivity index (χ3v) is 3.63. The first-order valence-electron chi connectivity index (χ1n) is 7.55. The van der Waals surface area contributed by atoms with Crippen LogP contribution in [-0.4, -0.2) is 64.0 Å². The first-order chi connectivity index (χ1) is 10.4. The highest BCUT2D eigenvalue weighted by molar-refractivity contribution is 5.96. The third-order valence-electron chi connectivity index (χ3n) is 3.63. The van der Waals surface area contributed by atoms with Gasteiger partial charge in [-0.1, -0.05) is 19.9 Å². The molecule has 1 aromatic rings. The number of nitrogens with zero attached hydrogens (tertiary/aromatic N) is 3. The second-order valence-corrected chi connectivity index (χ2v) is 6.20. The fourth-order valence-corrected chi connectivity index (χ4v) is 2.63. The van der Waals surface area contributed by atoms with Gasteiger partial charge in [-0.15, -0.1) is 0 Å². The van der Waals surface area contributed by atoms with Gasteiger partial charge in [-0.3, -0.25) is 14.6 Å². The van der Waals surface area contributed by atoms with Crippen LogP contribution < -0.4 is 0 Å². The number of hydrogen-bond acceptors (Lipinski definition) is 4. The van der Waals surface area contributed by atoms with Crippen molar-refractivity contribution in [2.75, 3.05) is 26.2 Å². The normalized spacial score (nSPS) is 19.5. The quantitative estimate of drug-likeness (QED) is 0.892. The average molecular weight is 305 g/mol. The number of aliphatic hydroxyl groups excluding tert-OH is 1. The Morgan fingerprint density at radius 2 is 2.18 bits per heavy atom. The SMILES string of the molecule is Cc1cccnc1C(=O)N1CC(=O)N(CC(C)C)CC(O)C1. The van der Waals surface area contributed by atoms with Crippen molar-refractivity contribution in [2.24, 2.45) is 5.92 Å². The Morgan fingerprint density at radius 1 is 1.45 bits per heavy atom. The summed E-state index contributed by atoms with van der Waals surface area (Å²) < 4.78 is 0. The zero-order valence-electron chi connectivity index (χ0n) is 13.3. The summed E-state index contributed by atoms with van der Waals surface area (Å²) in [6.45, 7) is 6.83. The smallest absolute Gasteiger partial charge is 0.273 e. The Balaban J connectivity index is 2.17. The fraction of sp³-hybridized carbons (Fsp3) is 0.562. The number of amides is 2. The van der Waals surface area contributed by atoms with E-state index in [-0.39, 0.29) is 31.4 Å². The molecule has 1 unspecified atom stereocenters.